The SMILES string of the molecule is CC(=O)N[C@H]1[C@@H]2O[C@H](CO)[C@@H](O[C@H]3O[C@@H](C)[C@H](O)[C@@H](O)[C@H]3O)[C@@H]1O[C@@H]1O[C@H](CO)[C@@H](O)[C@H](O[C@@H]3O[C@H](CO)[C@@H](O)[C@H](O)[C@H]3O[C@H]3O[C@H](COP(=O)(O)O2)[C@@H](O)[C@H](O)[C@H]3O)[C@H]1NC(C)=O. The minimum Gasteiger partial charge on any atom is -0.394 e. The van der Waals surface area contributed by atoms with Crippen LogP contribution in [0.5, 0.6) is 0 Å². The van der Waals surface area contributed by atoms with Gasteiger partial charge in [0.15, 0.2) is 31.5 Å². The van der Waals surface area contributed by atoms with E-state index in [1.54, 1.807) is 0 Å². The number of aliphatic hydroxyl groups is 12. The van der Waals surface area contributed by atoms with Crippen molar-refractivity contribution in [1.29, 1.82) is 0 Å². The molecule has 0 aromatic heterocycles. The van der Waals surface area contributed by atoms with Crippen molar-refractivity contribution in [1.82, 2.24) is 10.6 Å². The second-order valence-corrected chi connectivity index (χ2v) is 17.5. The minimum atomic E-state index is -5.55. The number of amides is 2. The molecule has 6 bridgehead atoms. The molecule has 0 aromatic carbocycles. The summed E-state index contributed by atoms with van der Waals surface area (Å²) in [5.74, 6) is -1.77. The third-order valence-electron chi connectivity index (χ3n) is 11.5. The zero-order valence-electron chi connectivity index (χ0n) is 34.2. The Morgan fingerprint density at radius 1 is 0.562 bits per heavy atom. The number of phosphoric ester groups is 1. The highest BCUT2D eigenvalue weighted by molar-refractivity contribution is 7.47. The van der Waals surface area contributed by atoms with E-state index in [0.717, 1.165) is 13.8 Å². The number of phosphoric acid groups is 1. The van der Waals surface area contributed by atoms with E-state index in [-0.39, 0.29) is 0 Å². The Kier molecular flexibility index (Phi) is 17.1. The Bertz CT molecular complexity index is 1620. The molecule has 6 rings (SSSR count). The van der Waals surface area contributed by atoms with Crippen LogP contribution in [-0.2, 0) is 65.8 Å². The molecular weight excluding hydrogens is 899 g/mol. The zero-order valence-corrected chi connectivity index (χ0v) is 35.1. The first-order chi connectivity index (χ1) is 30.1. The normalized spacial score (nSPS) is 51.7. The Balaban J connectivity index is 1.50. The molecule has 29 nitrogen and oxygen atoms in total. The van der Waals surface area contributed by atoms with Gasteiger partial charge in [-0.2, -0.15) is 0 Å². The summed E-state index contributed by atoms with van der Waals surface area (Å²) in [5, 5.41) is 134. The lowest BCUT2D eigenvalue weighted by Crippen LogP contribution is -2.72. The Labute approximate surface area is 362 Å². The molecule has 0 aromatic rings. The van der Waals surface area contributed by atoms with Crippen LogP contribution in [0.2, 0.25) is 0 Å². The van der Waals surface area contributed by atoms with Crippen molar-refractivity contribution >= 4 is 19.6 Å². The highest BCUT2D eigenvalue weighted by atomic mass is 31.2. The van der Waals surface area contributed by atoms with Gasteiger partial charge in [-0.1, -0.05) is 0 Å². The largest absolute Gasteiger partial charge is 0.474 e. The maximum absolute atomic E-state index is 13.7. The average Bonchev–Trinajstić information content (AvgIpc) is 3.24. The summed E-state index contributed by atoms with van der Waals surface area (Å²) in [6.45, 7) is -0.904. The summed E-state index contributed by atoms with van der Waals surface area (Å²) in [6.07, 6.45) is -44.3. The second kappa shape index (κ2) is 21.2. The molecule has 0 radical (unpaired) electrons. The summed E-state index contributed by atoms with van der Waals surface area (Å²) >= 11 is 0. The van der Waals surface area contributed by atoms with E-state index in [1.165, 1.54) is 6.92 Å². The van der Waals surface area contributed by atoms with Crippen LogP contribution >= 0.6 is 7.82 Å². The lowest BCUT2D eigenvalue weighted by molar-refractivity contribution is -0.389. The summed E-state index contributed by atoms with van der Waals surface area (Å²) in [4.78, 5) is 36.8. The highest BCUT2D eigenvalue weighted by Crippen LogP contribution is 2.48. The van der Waals surface area contributed by atoms with Gasteiger partial charge in [0.25, 0.3) is 0 Å². The molecule has 30 heteroatoms. The van der Waals surface area contributed by atoms with Gasteiger partial charge in [-0.05, 0) is 6.92 Å². The Morgan fingerprint density at radius 2 is 1.09 bits per heavy atom. The zero-order chi connectivity index (χ0) is 47.1. The molecule has 2 amide bonds. The van der Waals surface area contributed by atoms with E-state index in [4.69, 9.17) is 51.7 Å². The third kappa shape index (κ3) is 10.9. The molecule has 1 unspecified atom stereocenters. The van der Waals surface area contributed by atoms with Crippen LogP contribution in [0.1, 0.15) is 20.8 Å². The van der Waals surface area contributed by atoms with Crippen LogP contribution in [0.15, 0.2) is 0 Å². The van der Waals surface area contributed by atoms with E-state index < -0.39 is 199 Å². The summed E-state index contributed by atoms with van der Waals surface area (Å²) < 4.78 is 77.2. The lowest BCUT2D eigenvalue weighted by atomic mass is 9.93. The van der Waals surface area contributed by atoms with Crippen LogP contribution in [-0.4, -0.2) is 258 Å². The highest BCUT2D eigenvalue weighted by Gasteiger charge is 2.59. The molecule has 64 heavy (non-hydrogen) atoms. The summed E-state index contributed by atoms with van der Waals surface area (Å²) in [5.41, 5.74) is 0. The number of carbonyl (C=O) groups excluding carboxylic acids is 2. The van der Waals surface area contributed by atoms with Gasteiger partial charge in [0.05, 0.1) is 32.5 Å². The fourth-order valence-corrected chi connectivity index (χ4v) is 8.98. The van der Waals surface area contributed by atoms with E-state index in [9.17, 15) is 80.3 Å². The number of carbonyl (C=O) groups is 2. The number of rotatable bonds is 7. The standard InChI is InChI=1S/C34H57N2O27P/c1-8-17(42)21(46)24(49)32(54-8)59-26-13(6-39)57-31-16(36-10(3)41)28(26)61-30-15(35-9(2)40)27(20(45)12(5-38)55-30)60-34-29(23(48)18(43)11(4-37)56-34)62-33-25(50)22(47)19(44)14(58-33)7-53-64(51,52)63-31/h8,11-34,37-39,42-50H,4-7H2,1-3H3,(H,35,40)(H,36,41)(H,51,52)/t8-,11+,12+,13+,14+,15+,16+,17-,18+,19+,20+,21+,22-,23-,24+,25+,26+,27+,28+,29+,30-,31+,32+,33+,34-/m0/s1. The minimum absolute atomic E-state index is 0.864. The lowest BCUT2D eigenvalue weighted by Gasteiger charge is -2.52. The molecule has 6 aliphatic rings. The molecule has 0 saturated carbocycles. The van der Waals surface area contributed by atoms with Crippen molar-refractivity contribution in [2.45, 2.75) is 174 Å². The monoisotopic (exact) mass is 956 g/mol. The number of hydrogen-bond donors (Lipinski definition) is 15. The van der Waals surface area contributed by atoms with Gasteiger partial charge in [0.2, 0.25) is 11.8 Å². The Hall–Kier alpha value is -1.79. The predicted molar refractivity (Wildman–Crippen MR) is 196 cm³/mol. The van der Waals surface area contributed by atoms with Crippen LogP contribution in [0, 0.1) is 0 Å². The van der Waals surface area contributed by atoms with E-state index >= 15 is 0 Å². The van der Waals surface area contributed by atoms with E-state index in [1.807, 2.05) is 0 Å². The number of fused-ring (bicyclic) bond motifs is 7. The fraction of sp³-hybridized carbons (Fsp3) is 0.941. The molecule has 6 aliphatic heterocycles. The van der Waals surface area contributed by atoms with Crippen LogP contribution in [0.25, 0.3) is 0 Å². The molecule has 370 valence electrons. The molecular formula is C34H57N2O27P. The van der Waals surface area contributed by atoms with E-state index in [0.29, 0.717) is 0 Å². The van der Waals surface area contributed by atoms with Crippen molar-refractivity contribution < 1.29 is 132 Å². The second-order valence-electron chi connectivity index (χ2n) is 16.1. The molecule has 15 N–H and O–H groups in total. The molecule has 26 atom stereocenters. The first kappa shape index (κ1) is 51.6. The molecule has 6 heterocycles. The third-order valence-corrected chi connectivity index (χ3v) is 12.5. The predicted octanol–water partition coefficient (Wildman–Crippen LogP) is -9.45. The number of ether oxygens (including phenoxy) is 9. The quantitative estimate of drug-likeness (QED) is 0.105. The van der Waals surface area contributed by atoms with Crippen molar-refractivity contribution in [2.75, 3.05) is 26.4 Å². The fourth-order valence-electron chi connectivity index (χ4n) is 8.14. The molecule has 6 fully saturated rings. The summed E-state index contributed by atoms with van der Waals surface area (Å²) in [6, 6.07) is -3.70. The Morgan fingerprint density at radius 3 is 1.70 bits per heavy atom. The van der Waals surface area contributed by atoms with Crippen molar-refractivity contribution in [3.63, 3.8) is 0 Å². The van der Waals surface area contributed by atoms with Crippen molar-refractivity contribution in [3.8, 4) is 0 Å². The van der Waals surface area contributed by atoms with Crippen LogP contribution in [0.4, 0.5) is 0 Å². The average molecular weight is 957 g/mol. The van der Waals surface area contributed by atoms with Crippen LogP contribution < -0.4 is 10.6 Å². The van der Waals surface area contributed by atoms with Gasteiger partial charge in [-0.3, -0.25) is 18.6 Å². The number of nitrogens with one attached hydrogen (secondary N) is 2. The number of hydrogen-bond acceptors (Lipinski definition) is 26. The topological polar surface area (TPSA) is 440 Å². The molecule has 0 aliphatic carbocycles. The van der Waals surface area contributed by atoms with Gasteiger partial charge < -0.3 is 119 Å². The van der Waals surface area contributed by atoms with Gasteiger partial charge in [-0.15, -0.1) is 0 Å². The van der Waals surface area contributed by atoms with Crippen molar-refractivity contribution in [3.05, 3.63) is 0 Å². The first-order valence-electron chi connectivity index (χ1n) is 20.1. The van der Waals surface area contributed by atoms with Gasteiger partial charge >= 0.3 is 7.82 Å². The maximum Gasteiger partial charge on any atom is 0.474 e. The molecule has 6 saturated heterocycles. The van der Waals surface area contributed by atoms with Crippen LogP contribution in [0.3, 0.4) is 0 Å². The first-order valence-corrected chi connectivity index (χ1v) is 21.6. The summed E-state index contributed by atoms with van der Waals surface area (Å²) in [7, 11) is -5.55. The van der Waals surface area contributed by atoms with Crippen molar-refractivity contribution in [2.24, 2.45) is 0 Å². The van der Waals surface area contributed by atoms with Gasteiger partial charge in [0.1, 0.15) is 116 Å². The maximum atomic E-state index is 13.7. The van der Waals surface area contributed by atoms with Gasteiger partial charge in [0, 0.05) is 13.8 Å². The molecule has 0 spiro atoms. The van der Waals surface area contributed by atoms with Gasteiger partial charge in [-0.25, -0.2) is 4.57 Å². The van der Waals surface area contributed by atoms with E-state index in [2.05, 4.69) is 10.6 Å². The number of aliphatic hydroxyl groups excluding tert-OH is 12. The smallest absolute Gasteiger partial charge is 0.394 e.